The molecule has 0 saturated carbocycles. The zero-order chi connectivity index (χ0) is 14.0. The molecule has 1 aromatic rings. The van der Waals surface area contributed by atoms with E-state index in [2.05, 4.69) is 9.97 Å². The lowest BCUT2D eigenvalue weighted by molar-refractivity contribution is -0.179. The summed E-state index contributed by atoms with van der Waals surface area (Å²) >= 11 is 5.74. The average Bonchev–Trinajstić information content (AvgIpc) is 2.37. The standard InChI is InChI=1S/C11H10ClF3N4/c12-8-5-10(18-9(6-16)17-8)19-3-1-7(2-4-19)11(13,14)15/h5,7H,1-4H2. The summed E-state index contributed by atoms with van der Waals surface area (Å²) in [6.07, 6.45) is -4.10. The van der Waals surface area contributed by atoms with E-state index in [1.807, 2.05) is 0 Å². The largest absolute Gasteiger partial charge is 0.391 e. The fourth-order valence-corrected chi connectivity index (χ4v) is 2.23. The summed E-state index contributed by atoms with van der Waals surface area (Å²) in [4.78, 5) is 9.33. The third kappa shape index (κ3) is 3.26. The molecule has 1 aliphatic rings. The molecule has 0 unspecified atom stereocenters. The first-order valence-corrected chi connectivity index (χ1v) is 6.04. The highest BCUT2D eigenvalue weighted by molar-refractivity contribution is 6.29. The maximum absolute atomic E-state index is 12.5. The lowest BCUT2D eigenvalue weighted by atomic mass is 9.96. The molecule has 1 aliphatic heterocycles. The van der Waals surface area contributed by atoms with Crippen LogP contribution in [0.5, 0.6) is 0 Å². The van der Waals surface area contributed by atoms with Gasteiger partial charge in [-0.05, 0) is 12.8 Å². The van der Waals surface area contributed by atoms with Crippen LogP contribution >= 0.6 is 11.6 Å². The molecule has 1 fully saturated rings. The van der Waals surface area contributed by atoms with Crippen LogP contribution in [0.2, 0.25) is 5.15 Å². The van der Waals surface area contributed by atoms with Crippen molar-refractivity contribution in [3.05, 3.63) is 17.0 Å². The minimum Gasteiger partial charge on any atom is -0.356 e. The Balaban J connectivity index is 2.10. The smallest absolute Gasteiger partial charge is 0.356 e. The zero-order valence-corrected chi connectivity index (χ0v) is 10.5. The molecule has 0 aromatic carbocycles. The Labute approximate surface area is 112 Å². The molecule has 0 atom stereocenters. The maximum Gasteiger partial charge on any atom is 0.391 e. The molecule has 4 nitrogen and oxygen atoms in total. The number of alkyl halides is 3. The normalized spacial score (nSPS) is 17.3. The van der Waals surface area contributed by atoms with E-state index in [0.717, 1.165) is 0 Å². The second-order valence-corrected chi connectivity index (χ2v) is 4.67. The van der Waals surface area contributed by atoms with Gasteiger partial charge in [-0.1, -0.05) is 11.6 Å². The molecule has 0 amide bonds. The van der Waals surface area contributed by atoms with Crippen molar-refractivity contribution in [1.29, 1.82) is 5.26 Å². The van der Waals surface area contributed by atoms with Gasteiger partial charge in [-0.15, -0.1) is 0 Å². The first-order chi connectivity index (χ1) is 8.90. The van der Waals surface area contributed by atoms with E-state index >= 15 is 0 Å². The van der Waals surface area contributed by atoms with Crippen LogP contribution in [-0.2, 0) is 0 Å². The number of nitrogens with zero attached hydrogens (tertiary/aromatic N) is 4. The Kier molecular flexibility index (Phi) is 3.80. The van der Waals surface area contributed by atoms with E-state index in [1.165, 1.54) is 6.07 Å². The fourth-order valence-electron chi connectivity index (χ4n) is 2.05. The van der Waals surface area contributed by atoms with E-state index in [0.29, 0.717) is 5.82 Å². The summed E-state index contributed by atoms with van der Waals surface area (Å²) in [5.41, 5.74) is 0. The van der Waals surface area contributed by atoms with Gasteiger partial charge in [-0.2, -0.15) is 18.4 Å². The number of halogens is 4. The number of hydrogen-bond donors (Lipinski definition) is 0. The molecule has 1 aromatic heterocycles. The minimum absolute atomic E-state index is 0.0208. The monoisotopic (exact) mass is 290 g/mol. The number of anilines is 1. The van der Waals surface area contributed by atoms with Gasteiger partial charge >= 0.3 is 6.18 Å². The molecule has 102 valence electrons. The van der Waals surface area contributed by atoms with Crippen LogP contribution in [0.15, 0.2) is 6.07 Å². The van der Waals surface area contributed by atoms with Crippen LogP contribution in [0.25, 0.3) is 0 Å². The summed E-state index contributed by atoms with van der Waals surface area (Å²) in [6, 6.07) is 3.22. The van der Waals surface area contributed by atoms with Crippen molar-refractivity contribution in [3.8, 4) is 6.07 Å². The Morgan fingerprint density at radius 3 is 2.47 bits per heavy atom. The van der Waals surface area contributed by atoms with E-state index in [1.54, 1.807) is 11.0 Å². The summed E-state index contributed by atoms with van der Waals surface area (Å²) < 4.78 is 37.6. The van der Waals surface area contributed by atoms with Crippen LogP contribution in [0.1, 0.15) is 18.7 Å². The molecule has 0 N–H and O–H groups in total. The lowest BCUT2D eigenvalue weighted by Gasteiger charge is -2.33. The van der Waals surface area contributed by atoms with Crippen LogP contribution in [0, 0.1) is 17.2 Å². The second-order valence-electron chi connectivity index (χ2n) is 4.29. The lowest BCUT2D eigenvalue weighted by Crippen LogP contribution is -2.39. The molecule has 1 saturated heterocycles. The van der Waals surface area contributed by atoms with Gasteiger partial charge in [0.05, 0.1) is 5.92 Å². The van der Waals surface area contributed by atoms with Crippen molar-refractivity contribution < 1.29 is 13.2 Å². The number of piperidine rings is 1. The summed E-state index contributed by atoms with van der Waals surface area (Å²) in [7, 11) is 0. The van der Waals surface area contributed by atoms with E-state index in [9.17, 15) is 13.2 Å². The van der Waals surface area contributed by atoms with E-state index in [-0.39, 0.29) is 36.9 Å². The highest BCUT2D eigenvalue weighted by Crippen LogP contribution is 2.35. The van der Waals surface area contributed by atoms with Crippen molar-refractivity contribution in [2.75, 3.05) is 18.0 Å². The average molecular weight is 291 g/mol. The SMILES string of the molecule is N#Cc1nc(Cl)cc(N2CCC(C(F)(F)F)CC2)n1. The summed E-state index contributed by atoms with van der Waals surface area (Å²) in [5.74, 6) is -0.950. The molecule has 2 heterocycles. The predicted molar refractivity (Wildman–Crippen MR) is 62.7 cm³/mol. The van der Waals surface area contributed by atoms with Crippen molar-refractivity contribution in [3.63, 3.8) is 0 Å². The van der Waals surface area contributed by atoms with Gasteiger partial charge in [-0.25, -0.2) is 9.97 Å². The third-order valence-corrected chi connectivity index (χ3v) is 3.26. The van der Waals surface area contributed by atoms with Crippen molar-refractivity contribution in [2.24, 2.45) is 5.92 Å². The van der Waals surface area contributed by atoms with Gasteiger partial charge in [0.25, 0.3) is 0 Å². The number of hydrogen-bond acceptors (Lipinski definition) is 4. The molecular weight excluding hydrogens is 281 g/mol. The van der Waals surface area contributed by atoms with Gasteiger partial charge in [0.15, 0.2) is 0 Å². The molecular formula is C11H10ClF3N4. The summed E-state index contributed by atoms with van der Waals surface area (Å²) in [5, 5.41) is 8.84. The van der Waals surface area contributed by atoms with Crippen LogP contribution < -0.4 is 4.90 Å². The molecule has 0 spiro atoms. The van der Waals surface area contributed by atoms with Crippen molar-refractivity contribution in [1.82, 2.24) is 9.97 Å². The van der Waals surface area contributed by atoms with Gasteiger partial charge < -0.3 is 4.90 Å². The van der Waals surface area contributed by atoms with Crippen LogP contribution in [0.3, 0.4) is 0 Å². The molecule has 0 bridgehead atoms. The molecule has 8 heteroatoms. The Hall–Kier alpha value is -1.55. The first kappa shape index (κ1) is 13.9. The van der Waals surface area contributed by atoms with Gasteiger partial charge in [0, 0.05) is 19.2 Å². The number of nitriles is 1. The summed E-state index contributed by atoms with van der Waals surface area (Å²) in [6.45, 7) is 0.477. The molecule has 2 rings (SSSR count). The Morgan fingerprint density at radius 2 is 1.95 bits per heavy atom. The van der Waals surface area contributed by atoms with Gasteiger partial charge in [0.1, 0.15) is 17.0 Å². The molecule has 19 heavy (non-hydrogen) atoms. The zero-order valence-electron chi connectivity index (χ0n) is 9.78. The molecule has 0 radical (unpaired) electrons. The number of rotatable bonds is 1. The van der Waals surface area contributed by atoms with E-state index < -0.39 is 12.1 Å². The maximum atomic E-state index is 12.5. The van der Waals surface area contributed by atoms with Crippen LogP contribution in [-0.4, -0.2) is 29.2 Å². The first-order valence-electron chi connectivity index (χ1n) is 5.66. The predicted octanol–water partition coefficient (Wildman–Crippen LogP) is 2.78. The van der Waals surface area contributed by atoms with Crippen LogP contribution in [0.4, 0.5) is 19.0 Å². The highest BCUT2D eigenvalue weighted by Gasteiger charge is 2.41. The Bertz CT molecular complexity index is 504. The fraction of sp³-hybridized carbons (Fsp3) is 0.545. The third-order valence-electron chi connectivity index (χ3n) is 3.06. The van der Waals surface area contributed by atoms with E-state index in [4.69, 9.17) is 16.9 Å². The molecule has 0 aliphatic carbocycles. The van der Waals surface area contributed by atoms with Gasteiger partial charge in [0.2, 0.25) is 5.82 Å². The second kappa shape index (κ2) is 5.21. The van der Waals surface area contributed by atoms with Crippen molar-refractivity contribution in [2.45, 2.75) is 19.0 Å². The quantitative estimate of drug-likeness (QED) is 0.746. The Morgan fingerprint density at radius 1 is 1.32 bits per heavy atom. The minimum atomic E-state index is -4.15. The topological polar surface area (TPSA) is 52.8 Å². The highest BCUT2D eigenvalue weighted by atomic mass is 35.5. The van der Waals surface area contributed by atoms with Gasteiger partial charge in [-0.3, -0.25) is 0 Å². The number of aromatic nitrogens is 2. The van der Waals surface area contributed by atoms with Crippen molar-refractivity contribution >= 4 is 17.4 Å².